The maximum atomic E-state index is 5.73. The molecule has 5 heteroatoms. The lowest BCUT2D eigenvalue weighted by Crippen LogP contribution is -2.45. The molecule has 2 rings (SSSR count). The molecule has 0 spiro atoms. The summed E-state index contributed by atoms with van der Waals surface area (Å²) in [6.45, 7) is 5.33. The molecule has 2 aliphatic rings. The summed E-state index contributed by atoms with van der Waals surface area (Å²) in [5, 5.41) is 6.76. The minimum atomic E-state index is 0. The van der Waals surface area contributed by atoms with Crippen LogP contribution in [0.5, 0.6) is 0 Å². The molecule has 3 nitrogen and oxygen atoms in total. The molecule has 2 heterocycles. The van der Waals surface area contributed by atoms with Crippen molar-refractivity contribution < 1.29 is 4.74 Å². The van der Waals surface area contributed by atoms with Crippen molar-refractivity contribution in [2.45, 2.75) is 18.9 Å². The Bertz CT molecular complexity index is 121. The van der Waals surface area contributed by atoms with Crippen molar-refractivity contribution in [1.82, 2.24) is 10.6 Å². The highest BCUT2D eigenvalue weighted by Gasteiger charge is 2.25. The fourth-order valence-corrected chi connectivity index (χ4v) is 2.10. The van der Waals surface area contributed by atoms with Crippen LogP contribution in [0.25, 0.3) is 0 Å². The molecule has 1 atom stereocenters. The predicted octanol–water partition coefficient (Wildman–Crippen LogP) is 0.818. The van der Waals surface area contributed by atoms with Crippen LogP contribution in [-0.2, 0) is 4.74 Å². The third-order valence-electron chi connectivity index (χ3n) is 2.87. The van der Waals surface area contributed by atoms with Crippen molar-refractivity contribution in [3.8, 4) is 0 Å². The second-order valence-electron chi connectivity index (χ2n) is 3.70. The van der Waals surface area contributed by atoms with Gasteiger partial charge in [-0.2, -0.15) is 0 Å². The van der Waals surface area contributed by atoms with Gasteiger partial charge in [-0.25, -0.2) is 0 Å². The first-order valence-corrected chi connectivity index (χ1v) is 5.00. The maximum Gasteiger partial charge on any atom is 0.0729 e. The molecule has 0 aromatic heterocycles. The highest BCUT2D eigenvalue weighted by molar-refractivity contribution is 5.85. The molecule has 0 aliphatic carbocycles. The number of hydrogen-bond donors (Lipinski definition) is 2. The number of ether oxygens (including phenoxy) is 1. The standard InChI is InChI=1S/C9H18N2O.2ClH/c1-3-10-4-2-8(1)9-7-11-5-6-12-9;;/h8-11H,1-7H2;2*1H. The zero-order valence-electron chi connectivity index (χ0n) is 8.33. The Morgan fingerprint density at radius 3 is 2.21 bits per heavy atom. The van der Waals surface area contributed by atoms with Gasteiger partial charge in [0.2, 0.25) is 0 Å². The second-order valence-corrected chi connectivity index (χ2v) is 3.70. The number of morpholine rings is 1. The molecule has 14 heavy (non-hydrogen) atoms. The molecule has 2 saturated heterocycles. The minimum absolute atomic E-state index is 0. The Kier molecular flexibility index (Phi) is 7.97. The van der Waals surface area contributed by atoms with Crippen LogP contribution < -0.4 is 10.6 Å². The summed E-state index contributed by atoms with van der Waals surface area (Å²) < 4.78 is 5.73. The largest absolute Gasteiger partial charge is 0.375 e. The third kappa shape index (κ3) is 3.91. The Hall–Kier alpha value is 0.460. The van der Waals surface area contributed by atoms with Crippen LogP contribution in [0.3, 0.4) is 0 Å². The summed E-state index contributed by atoms with van der Waals surface area (Å²) in [6, 6.07) is 0. The van der Waals surface area contributed by atoms with E-state index in [9.17, 15) is 0 Å². The van der Waals surface area contributed by atoms with E-state index in [1.807, 2.05) is 0 Å². The van der Waals surface area contributed by atoms with Gasteiger partial charge in [0.05, 0.1) is 12.7 Å². The Morgan fingerprint density at radius 1 is 0.929 bits per heavy atom. The van der Waals surface area contributed by atoms with Crippen LogP contribution in [0, 0.1) is 5.92 Å². The fraction of sp³-hybridized carbons (Fsp3) is 1.00. The molecule has 0 saturated carbocycles. The summed E-state index contributed by atoms with van der Waals surface area (Å²) in [5.41, 5.74) is 0. The molecule has 2 N–H and O–H groups in total. The van der Waals surface area contributed by atoms with Gasteiger partial charge in [-0.05, 0) is 31.8 Å². The highest BCUT2D eigenvalue weighted by atomic mass is 35.5. The molecule has 0 aromatic rings. The van der Waals surface area contributed by atoms with Gasteiger partial charge in [-0.1, -0.05) is 0 Å². The number of piperidine rings is 1. The smallest absolute Gasteiger partial charge is 0.0729 e. The first kappa shape index (κ1) is 14.5. The monoisotopic (exact) mass is 242 g/mol. The highest BCUT2D eigenvalue weighted by Crippen LogP contribution is 2.19. The molecular weight excluding hydrogens is 223 g/mol. The molecule has 0 bridgehead atoms. The van der Waals surface area contributed by atoms with E-state index in [1.54, 1.807) is 0 Å². The predicted molar refractivity (Wildman–Crippen MR) is 62.7 cm³/mol. The van der Waals surface area contributed by atoms with E-state index >= 15 is 0 Å². The third-order valence-corrected chi connectivity index (χ3v) is 2.87. The minimum Gasteiger partial charge on any atom is -0.375 e. The van der Waals surface area contributed by atoms with E-state index in [0.717, 1.165) is 25.6 Å². The topological polar surface area (TPSA) is 33.3 Å². The molecule has 0 radical (unpaired) electrons. The molecular formula is C9H20Cl2N2O. The summed E-state index contributed by atoms with van der Waals surface area (Å²) >= 11 is 0. The average molecular weight is 243 g/mol. The lowest BCUT2D eigenvalue weighted by Gasteiger charge is -2.33. The fourth-order valence-electron chi connectivity index (χ4n) is 2.10. The van der Waals surface area contributed by atoms with Crippen LogP contribution in [0.2, 0.25) is 0 Å². The van der Waals surface area contributed by atoms with Gasteiger partial charge in [-0.15, -0.1) is 24.8 Å². The van der Waals surface area contributed by atoms with E-state index in [1.165, 1.54) is 25.9 Å². The summed E-state index contributed by atoms with van der Waals surface area (Å²) in [7, 11) is 0. The van der Waals surface area contributed by atoms with Crippen molar-refractivity contribution in [2.75, 3.05) is 32.8 Å². The van der Waals surface area contributed by atoms with Gasteiger partial charge in [0, 0.05) is 13.1 Å². The number of nitrogens with one attached hydrogen (secondary N) is 2. The van der Waals surface area contributed by atoms with Gasteiger partial charge in [0.1, 0.15) is 0 Å². The molecule has 86 valence electrons. The van der Waals surface area contributed by atoms with Gasteiger partial charge in [0.15, 0.2) is 0 Å². The van der Waals surface area contributed by atoms with E-state index in [2.05, 4.69) is 10.6 Å². The van der Waals surface area contributed by atoms with Gasteiger partial charge < -0.3 is 15.4 Å². The van der Waals surface area contributed by atoms with Crippen molar-refractivity contribution >= 4 is 24.8 Å². The molecule has 0 amide bonds. The van der Waals surface area contributed by atoms with E-state index in [0.29, 0.717) is 6.10 Å². The molecule has 1 unspecified atom stereocenters. The zero-order chi connectivity index (χ0) is 8.23. The lowest BCUT2D eigenvalue weighted by atomic mass is 9.91. The number of halogens is 2. The summed E-state index contributed by atoms with van der Waals surface area (Å²) in [4.78, 5) is 0. The average Bonchev–Trinajstić information content (AvgIpc) is 2.21. The number of hydrogen-bond acceptors (Lipinski definition) is 3. The van der Waals surface area contributed by atoms with Gasteiger partial charge >= 0.3 is 0 Å². The van der Waals surface area contributed by atoms with E-state index in [4.69, 9.17) is 4.74 Å². The van der Waals surface area contributed by atoms with Crippen LogP contribution in [0.1, 0.15) is 12.8 Å². The van der Waals surface area contributed by atoms with Gasteiger partial charge in [0.25, 0.3) is 0 Å². The summed E-state index contributed by atoms with van der Waals surface area (Å²) in [5.74, 6) is 0.791. The Labute approximate surface area is 98.2 Å². The first-order chi connectivity index (χ1) is 5.97. The first-order valence-electron chi connectivity index (χ1n) is 5.00. The second kappa shape index (κ2) is 7.71. The van der Waals surface area contributed by atoms with Crippen LogP contribution in [-0.4, -0.2) is 38.9 Å². The van der Waals surface area contributed by atoms with Crippen molar-refractivity contribution in [3.63, 3.8) is 0 Å². The van der Waals surface area contributed by atoms with Crippen molar-refractivity contribution in [1.29, 1.82) is 0 Å². The Morgan fingerprint density at radius 2 is 1.64 bits per heavy atom. The van der Waals surface area contributed by atoms with Crippen molar-refractivity contribution in [2.24, 2.45) is 5.92 Å². The SMILES string of the molecule is C1CC(C2CNCCO2)CCN1.Cl.Cl. The molecule has 0 aromatic carbocycles. The van der Waals surface area contributed by atoms with Crippen molar-refractivity contribution in [3.05, 3.63) is 0 Å². The normalized spacial score (nSPS) is 28.7. The molecule has 2 fully saturated rings. The van der Waals surface area contributed by atoms with Crippen LogP contribution in [0.15, 0.2) is 0 Å². The molecule has 2 aliphatic heterocycles. The number of rotatable bonds is 1. The van der Waals surface area contributed by atoms with E-state index < -0.39 is 0 Å². The summed E-state index contributed by atoms with van der Waals surface area (Å²) in [6.07, 6.45) is 3.06. The quantitative estimate of drug-likeness (QED) is 0.715. The Balaban J connectivity index is 0.000000845. The van der Waals surface area contributed by atoms with Gasteiger partial charge in [-0.3, -0.25) is 0 Å². The van der Waals surface area contributed by atoms with Crippen LogP contribution in [0.4, 0.5) is 0 Å². The zero-order valence-corrected chi connectivity index (χ0v) is 9.96. The van der Waals surface area contributed by atoms with Crippen LogP contribution >= 0.6 is 24.8 Å². The van der Waals surface area contributed by atoms with E-state index in [-0.39, 0.29) is 24.8 Å². The lowest BCUT2D eigenvalue weighted by molar-refractivity contribution is -0.0171. The maximum absolute atomic E-state index is 5.73.